The molecule has 0 aliphatic heterocycles. The first kappa shape index (κ1) is 25.9. The summed E-state index contributed by atoms with van der Waals surface area (Å²) in [5, 5.41) is 5.42. The third kappa shape index (κ3) is 4.91. The van der Waals surface area contributed by atoms with Gasteiger partial charge in [-0.15, -0.1) is 65.4 Å². The largest absolute Gasteiger partial charge is 0.486 e. The SMILES string of the molecule is Cc1ccc(-c2[c-]cccc2)nc1.Cc1ccc2c(n1)oc1c(-c3nccc4scc(C)c34)[c-]ccc12.[Ir]. The molecule has 0 aliphatic carbocycles. The van der Waals surface area contributed by atoms with E-state index in [1.165, 1.54) is 21.2 Å². The average Bonchev–Trinajstić information content (AvgIpc) is 3.50. The van der Waals surface area contributed by atoms with Crippen LogP contribution in [0.1, 0.15) is 16.8 Å². The van der Waals surface area contributed by atoms with Gasteiger partial charge in [0.15, 0.2) is 0 Å². The van der Waals surface area contributed by atoms with Gasteiger partial charge in [-0.1, -0.05) is 23.1 Å². The van der Waals surface area contributed by atoms with E-state index in [9.17, 15) is 0 Å². The van der Waals surface area contributed by atoms with Crippen LogP contribution in [-0.4, -0.2) is 15.0 Å². The summed E-state index contributed by atoms with van der Waals surface area (Å²) in [6, 6.07) is 28.5. The van der Waals surface area contributed by atoms with Crippen molar-refractivity contribution in [3.8, 4) is 22.5 Å². The van der Waals surface area contributed by atoms with Crippen LogP contribution < -0.4 is 0 Å². The third-order valence-electron chi connectivity index (χ3n) is 6.24. The van der Waals surface area contributed by atoms with Crippen molar-refractivity contribution in [1.82, 2.24) is 15.0 Å². The molecule has 4 nitrogen and oxygen atoms in total. The summed E-state index contributed by atoms with van der Waals surface area (Å²) in [6.45, 7) is 6.12. The Morgan fingerprint density at radius 1 is 0.842 bits per heavy atom. The molecule has 0 spiro atoms. The zero-order chi connectivity index (χ0) is 25.4. The third-order valence-corrected chi connectivity index (χ3v) is 7.31. The van der Waals surface area contributed by atoms with Crippen LogP contribution in [0, 0.1) is 32.9 Å². The zero-order valence-electron chi connectivity index (χ0n) is 21.1. The van der Waals surface area contributed by atoms with E-state index >= 15 is 0 Å². The molecule has 7 rings (SSSR count). The summed E-state index contributed by atoms with van der Waals surface area (Å²) < 4.78 is 7.33. The first-order valence-electron chi connectivity index (χ1n) is 12.0. The van der Waals surface area contributed by atoms with Crippen molar-refractivity contribution in [2.45, 2.75) is 20.8 Å². The number of benzene rings is 2. The molecule has 6 heteroatoms. The molecule has 5 aromatic heterocycles. The topological polar surface area (TPSA) is 51.8 Å². The molecular weight excluding hydrogens is 667 g/mol. The van der Waals surface area contributed by atoms with E-state index < -0.39 is 0 Å². The Labute approximate surface area is 238 Å². The molecule has 2 aromatic carbocycles. The number of hydrogen-bond donors (Lipinski definition) is 0. The van der Waals surface area contributed by atoms with Crippen LogP contribution in [0.5, 0.6) is 0 Å². The van der Waals surface area contributed by atoms with E-state index in [1.807, 2.05) is 74.8 Å². The zero-order valence-corrected chi connectivity index (χ0v) is 24.3. The smallest absolute Gasteiger partial charge is 0.216 e. The fourth-order valence-electron chi connectivity index (χ4n) is 4.39. The maximum absolute atomic E-state index is 6.11. The number of furan rings is 1. The predicted molar refractivity (Wildman–Crippen MR) is 152 cm³/mol. The molecule has 7 aromatic rings. The molecule has 0 saturated heterocycles. The number of pyridine rings is 3. The maximum Gasteiger partial charge on any atom is 0.216 e. The minimum absolute atomic E-state index is 0. The molecular formula is C32H23IrN3OS-2. The van der Waals surface area contributed by atoms with Crippen molar-refractivity contribution in [1.29, 1.82) is 0 Å². The molecule has 0 atom stereocenters. The van der Waals surface area contributed by atoms with E-state index in [-0.39, 0.29) is 20.1 Å². The molecule has 0 N–H and O–H groups in total. The molecule has 0 aliphatic rings. The van der Waals surface area contributed by atoms with Crippen LogP contribution in [0.25, 0.3) is 54.7 Å². The Bertz CT molecular complexity index is 1860. The standard InChI is InChI=1S/C20H13N2OS.C12H10N.Ir/c1-11-10-24-16-8-9-21-18(17(11)16)15-5-3-4-13-14-7-6-12(2)22-20(14)23-19(13)15;1-10-7-8-12(13-9-10)11-5-3-2-4-6-11;/h3-4,6-10H,1-2H3;2-5,7-9H,1H3;/q2*-1;. The van der Waals surface area contributed by atoms with Gasteiger partial charge < -0.3 is 14.4 Å². The van der Waals surface area contributed by atoms with Crippen LogP contribution in [0.3, 0.4) is 0 Å². The van der Waals surface area contributed by atoms with Gasteiger partial charge in [-0.05, 0) is 66.6 Å². The van der Waals surface area contributed by atoms with Gasteiger partial charge in [0.1, 0.15) is 0 Å². The van der Waals surface area contributed by atoms with Crippen molar-refractivity contribution in [3.63, 3.8) is 0 Å². The van der Waals surface area contributed by atoms with E-state index in [0.717, 1.165) is 44.6 Å². The quantitative estimate of drug-likeness (QED) is 0.171. The summed E-state index contributed by atoms with van der Waals surface area (Å²) >= 11 is 1.74. The number of thiophene rings is 1. The van der Waals surface area contributed by atoms with Gasteiger partial charge in [0.05, 0.1) is 5.58 Å². The first-order valence-corrected chi connectivity index (χ1v) is 12.9. The normalized spacial score (nSPS) is 10.8. The van der Waals surface area contributed by atoms with E-state index in [1.54, 1.807) is 11.3 Å². The van der Waals surface area contributed by atoms with E-state index in [0.29, 0.717) is 5.71 Å². The Morgan fingerprint density at radius 2 is 1.74 bits per heavy atom. The van der Waals surface area contributed by atoms with Crippen LogP contribution in [0.4, 0.5) is 0 Å². The first-order chi connectivity index (χ1) is 18.1. The van der Waals surface area contributed by atoms with Gasteiger partial charge in [0, 0.05) is 54.0 Å². The molecule has 0 saturated carbocycles. The number of hydrogen-bond acceptors (Lipinski definition) is 5. The Kier molecular flexibility index (Phi) is 7.48. The minimum Gasteiger partial charge on any atom is -0.486 e. The molecule has 1 radical (unpaired) electrons. The molecule has 5 heterocycles. The second-order valence-corrected chi connectivity index (χ2v) is 9.86. The van der Waals surface area contributed by atoms with Crippen molar-refractivity contribution in [2.24, 2.45) is 0 Å². The van der Waals surface area contributed by atoms with Crippen molar-refractivity contribution >= 4 is 43.5 Å². The van der Waals surface area contributed by atoms with Gasteiger partial charge in [-0.3, -0.25) is 0 Å². The molecule has 189 valence electrons. The Balaban J connectivity index is 0.000000179. The molecule has 0 unspecified atom stereocenters. The number of rotatable bonds is 2. The number of nitrogens with zero attached hydrogens (tertiary/aromatic N) is 3. The summed E-state index contributed by atoms with van der Waals surface area (Å²) in [5.74, 6) is 0. The van der Waals surface area contributed by atoms with E-state index in [4.69, 9.17) is 4.42 Å². The molecule has 0 amide bonds. The summed E-state index contributed by atoms with van der Waals surface area (Å²) in [7, 11) is 0. The molecule has 0 bridgehead atoms. The predicted octanol–water partition coefficient (Wildman–Crippen LogP) is 8.53. The Morgan fingerprint density at radius 3 is 2.53 bits per heavy atom. The monoisotopic (exact) mass is 690 g/mol. The summed E-state index contributed by atoms with van der Waals surface area (Å²) in [4.78, 5) is 13.5. The number of aryl methyl sites for hydroxylation is 3. The fraction of sp³-hybridized carbons (Fsp3) is 0.0938. The van der Waals surface area contributed by atoms with Crippen molar-refractivity contribution < 1.29 is 24.5 Å². The van der Waals surface area contributed by atoms with Gasteiger partial charge in [-0.25, -0.2) is 4.98 Å². The minimum atomic E-state index is 0. The van der Waals surface area contributed by atoms with Gasteiger partial charge in [0.25, 0.3) is 0 Å². The summed E-state index contributed by atoms with van der Waals surface area (Å²) in [6.07, 6.45) is 3.72. The van der Waals surface area contributed by atoms with Gasteiger partial charge in [-0.2, -0.15) is 0 Å². The van der Waals surface area contributed by atoms with Gasteiger partial charge in [0.2, 0.25) is 5.71 Å². The maximum atomic E-state index is 6.11. The van der Waals surface area contributed by atoms with Crippen LogP contribution in [0.2, 0.25) is 0 Å². The molecule has 38 heavy (non-hydrogen) atoms. The van der Waals surface area contributed by atoms with Crippen LogP contribution >= 0.6 is 11.3 Å². The second-order valence-electron chi connectivity index (χ2n) is 8.95. The molecule has 0 fully saturated rings. The number of aromatic nitrogens is 3. The van der Waals surface area contributed by atoms with Crippen molar-refractivity contribution in [3.05, 3.63) is 113 Å². The Hall–Kier alpha value is -3.70. The van der Waals surface area contributed by atoms with Crippen LogP contribution in [0.15, 0.2) is 88.9 Å². The average molecular weight is 690 g/mol. The van der Waals surface area contributed by atoms with E-state index in [2.05, 4.69) is 57.6 Å². The van der Waals surface area contributed by atoms with Gasteiger partial charge >= 0.3 is 0 Å². The van der Waals surface area contributed by atoms with Crippen LogP contribution in [-0.2, 0) is 20.1 Å². The summed E-state index contributed by atoms with van der Waals surface area (Å²) in [5.41, 5.74) is 8.67. The number of fused-ring (bicyclic) bond motifs is 4. The fourth-order valence-corrected chi connectivity index (χ4v) is 5.33. The van der Waals surface area contributed by atoms with Crippen molar-refractivity contribution in [2.75, 3.05) is 0 Å². The second kappa shape index (κ2) is 11.0.